The molecule has 0 unspecified atom stereocenters. The van der Waals surface area contributed by atoms with Gasteiger partial charge in [-0.2, -0.15) is 0 Å². The van der Waals surface area contributed by atoms with Crippen molar-refractivity contribution in [1.29, 1.82) is 0 Å². The number of carbonyl (C=O) groups is 2. The van der Waals surface area contributed by atoms with Gasteiger partial charge in [0, 0.05) is 29.9 Å². The van der Waals surface area contributed by atoms with Gasteiger partial charge >= 0.3 is 5.97 Å². The first-order chi connectivity index (χ1) is 16.9. The Labute approximate surface area is 208 Å². The Morgan fingerprint density at radius 2 is 1.91 bits per heavy atom. The molecule has 1 aliphatic heterocycles. The summed E-state index contributed by atoms with van der Waals surface area (Å²) >= 11 is 1.64. The van der Waals surface area contributed by atoms with Crippen molar-refractivity contribution in [2.75, 3.05) is 47.5 Å². The van der Waals surface area contributed by atoms with Gasteiger partial charge in [-0.3, -0.25) is 4.79 Å². The van der Waals surface area contributed by atoms with Gasteiger partial charge in [0.15, 0.2) is 18.1 Å². The molecule has 2 heterocycles. The Kier molecular flexibility index (Phi) is 7.77. The Balaban J connectivity index is 1.25. The number of nitrogens with zero attached hydrogens (tertiary/aromatic N) is 2. The zero-order valence-corrected chi connectivity index (χ0v) is 21.0. The number of thiophene rings is 1. The minimum absolute atomic E-state index is 0.0417. The summed E-state index contributed by atoms with van der Waals surface area (Å²) in [7, 11) is 5.27. The van der Waals surface area contributed by atoms with Crippen molar-refractivity contribution >= 4 is 33.3 Å². The first-order valence-corrected chi connectivity index (χ1v) is 12.3. The van der Waals surface area contributed by atoms with Crippen LogP contribution in [-0.4, -0.2) is 74.3 Å². The molecule has 8 nitrogen and oxygen atoms in total. The third-order valence-electron chi connectivity index (χ3n) is 6.21. The second kappa shape index (κ2) is 11.0. The first-order valence-electron chi connectivity index (χ1n) is 11.5. The number of carboxylic acid groups (broad SMARTS) is 1. The van der Waals surface area contributed by atoms with Crippen LogP contribution in [0.4, 0.5) is 0 Å². The van der Waals surface area contributed by atoms with Crippen molar-refractivity contribution in [2.24, 2.45) is 0 Å². The molecule has 0 saturated heterocycles. The molecule has 0 bridgehead atoms. The fourth-order valence-electron chi connectivity index (χ4n) is 4.33. The van der Waals surface area contributed by atoms with Crippen LogP contribution in [0.5, 0.6) is 17.2 Å². The summed E-state index contributed by atoms with van der Waals surface area (Å²) in [5, 5.41) is 12.1. The lowest BCUT2D eigenvalue weighted by Gasteiger charge is -2.20. The predicted octanol–water partition coefficient (Wildman–Crippen LogP) is 3.90. The number of amides is 1. The third kappa shape index (κ3) is 5.68. The maximum Gasteiger partial charge on any atom is 0.341 e. The Hall–Kier alpha value is -3.30. The summed E-state index contributed by atoms with van der Waals surface area (Å²) < 4.78 is 17.1. The van der Waals surface area contributed by atoms with E-state index >= 15 is 0 Å². The number of carboxylic acids is 1. The van der Waals surface area contributed by atoms with Gasteiger partial charge in [-0.1, -0.05) is 0 Å². The molecule has 1 aromatic heterocycles. The summed E-state index contributed by atoms with van der Waals surface area (Å²) in [5.74, 6) is 0.844. The first kappa shape index (κ1) is 24.8. The Morgan fingerprint density at radius 1 is 1.14 bits per heavy atom. The van der Waals surface area contributed by atoms with E-state index in [1.807, 2.05) is 29.2 Å². The van der Waals surface area contributed by atoms with Crippen molar-refractivity contribution in [2.45, 2.75) is 19.4 Å². The number of hydrogen-bond acceptors (Lipinski definition) is 7. The van der Waals surface area contributed by atoms with Gasteiger partial charge in [0.25, 0.3) is 5.91 Å². The number of fused-ring (bicyclic) bond motifs is 2. The van der Waals surface area contributed by atoms with Gasteiger partial charge in [0.1, 0.15) is 5.75 Å². The lowest BCUT2D eigenvalue weighted by molar-refractivity contribution is -0.139. The number of hydrogen-bond donors (Lipinski definition) is 1. The van der Waals surface area contributed by atoms with Crippen molar-refractivity contribution in [1.82, 2.24) is 9.80 Å². The van der Waals surface area contributed by atoms with Crippen LogP contribution in [-0.2, 0) is 17.8 Å². The Bertz CT molecular complexity index is 1220. The monoisotopic (exact) mass is 498 g/mol. The number of carbonyl (C=O) groups excluding carboxylic acids is 1. The topological polar surface area (TPSA) is 88.5 Å². The minimum Gasteiger partial charge on any atom is -0.493 e. The average molecular weight is 499 g/mol. The molecule has 2 aromatic carbocycles. The third-order valence-corrected chi connectivity index (χ3v) is 7.20. The van der Waals surface area contributed by atoms with Gasteiger partial charge in [-0.25, -0.2) is 4.79 Å². The summed E-state index contributed by atoms with van der Waals surface area (Å²) in [6, 6.07) is 9.38. The van der Waals surface area contributed by atoms with Gasteiger partial charge < -0.3 is 29.1 Å². The molecule has 9 heteroatoms. The van der Waals surface area contributed by atoms with Gasteiger partial charge in [-0.05, 0) is 78.7 Å². The zero-order chi connectivity index (χ0) is 24.9. The molecule has 0 saturated carbocycles. The van der Waals surface area contributed by atoms with E-state index in [4.69, 9.17) is 19.3 Å². The van der Waals surface area contributed by atoms with Crippen LogP contribution in [0.1, 0.15) is 27.9 Å². The molecule has 186 valence electrons. The van der Waals surface area contributed by atoms with E-state index in [-0.39, 0.29) is 12.5 Å². The molecule has 3 aromatic rings. The molecular formula is C26H30N2O6S. The van der Waals surface area contributed by atoms with Crippen molar-refractivity contribution < 1.29 is 28.9 Å². The highest BCUT2D eigenvalue weighted by Crippen LogP contribution is 2.35. The second-order valence-electron chi connectivity index (χ2n) is 8.60. The van der Waals surface area contributed by atoms with E-state index in [0.717, 1.165) is 36.2 Å². The predicted molar refractivity (Wildman–Crippen MR) is 135 cm³/mol. The highest BCUT2D eigenvalue weighted by Gasteiger charge is 2.29. The van der Waals surface area contributed by atoms with Gasteiger partial charge in [0.05, 0.1) is 14.2 Å². The molecule has 0 radical (unpaired) electrons. The molecule has 0 aliphatic carbocycles. The van der Waals surface area contributed by atoms with Gasteiger partial charge in [-0.15, -0.1) is 11.3 Å². The number of aliphatic carboxylic acids is 1. The van der Waals surface area contributed by atoms with E-state index in [2.05, 4.69) is 17.3 Å². The van der Waals surface area contributed by atoms with E-state index in [0.29, 0.717) is 35.9 Å². The smallest absolute Gasteiger partial charge is 0.341 e. The average Bonchev–Trinajstić information content (AvgIpc) is 3.40. The van der Waals surface area contributed by atoms with E-state index < -0.39 is 5.97 Å². The van der Waals surface area contributed by atoms with Crippen molar-refractivity contribution in [3.63, 3.8) is 0 Å². The van der Waals surface area contributed by atoms with Crippen LogP contribution in [0.3, 0.4) is 0 Å². The van der Waals surface area contributed by atoms with Crippen LogP contribution >= 0.6 is 11.3 Å². The molecule has 1 N–H and O–H groups in total. The Morgan fingerprint density at radius 3 is 2.66 bits per heavy atom. The van der Waals surface area contributed by atoms with Crippen molar-refractivity contribution in [3.8, 4) is 17.2 Å². The molecule has 1 amide bonds. The highest BCUT2D eigenvalue weighted by atomic mass is 32.1. The fraction of sp³-hybridized carbons (Fsp3) is 0.385. The lowest BCUT2D eigenvalue weighted by Crippen LogP contribution is -2.29. The van der Waals surface area contributed by atoms with E-state index in [1.54, 1.807) is 31.6 Å². The number of benzene rings is 2. The summed E-state index contributed by atoms with van der Waals surface area (Å²) in [4.78, 5) is 27.7. The summed E-state index contributed by atoms with van der Waals surface area (Å²) in [6.45, 7) is 2.75. The van der Waals surface area contributed by atoms with Crippen LogP contribution in [0.15, 0.2) is 35.7 Å². The van der Waals surface area contributed by atoms with Gasteiger partial charge in [0.2, 0.25) is 0 Å². The molecular weight excluding hydrogens is 468 g/mol. The standard InChI is InChI=1S/C26H30N2O6S/c1-27(10-7-17-16-35-24-12-19(5-6-20(17)24)34-15-25(29)30)8-4-9-28-14-18-11-22(32-2)23(33-3)13-21(18)26(28)31/h5-6,11-13,16H,4,7-10,14-15H2,1-3H3,(H,29,30). The molecule has 0 spiro atoms. The lowest BCUT2D eigenvalue weighted by atomic mass is 10.1. The van der Waals surface area contributed by atoms with Crippen LogP contribution < -0.4 is 14.2 Å². The summed E-state index contributed by atoms with van der Waals surface area (Å²) in [5.41, 5.74) is 2.94. The van der Waals surface area contributed by atoms with Crippen molar-refractivity contribution in [3.05, 3.63) is 52.4 Å². The van der Waals surface area contributed by atoms with E-state index in [9.17, 15) is 9.59 Å². The number of ether oxygens (including phenoxy) is 3. The quantitative estimate of drug-likeness (QED) is 0.405. The fourth-order valence-corrected chi connectivity index (χ4v) is 5.35. The van der Waals surface area contributed by atoms with Crippen LogP contribution in [0.25, 0.3) is 10.1 Å². The molecule has 0 atom stereocenters. The van der Waals surface area contributed by atoms with E-state index in [1.165, 1.54) is 10.9 Å². The normalized spacial score (nSPS) is 12.9. The number of methoxy groups -OCH3 is 2. The van der Waals surface area contributed by atoms with Crippen LogP contribution in [0.2, 0.25) is 0 Å². The second-order valence-corrected chi connectivity index (χ2v) is 9.51. The molecule has 35 heavy (non-hydrogen) atoms. The maximum atomic E-state index is 12.8. The molecule has 1 aliphatic rings. The zero-order valence-electron chi connectivity index (χ0n) is 20.2. The highest BCUT2D eigenvalue weighted by molar-refractivity contribution is 7.17. The minimum atomic E-state index is -0.987. The SMILES string of the molecule is COc1cc2c(cc1OC)C(=O)N(CCCN(C)CCc1csc3cc(OCC(=O)O)ccc13)C2. The number of likely N-dealkylation sites (N-methyl/N-ethyl adjacent to an activating group) is 1. The molecule has 4 rings (SSSR count). The maximum absolute atomic E-state index is 12.8. The molecule has 0 fully saturated rings. The largest absolute Gasteiger partial charge is 0.493 e. The summed E-state index contributed by atoms with van der Waals surface area (Å²) in [6.07, 6.45) is 1.80. The van der Waals surface area contributed by atoms with Crippen LogP contribution in [0, 0.1) is 0 Å². The number of rotatable bonds is 12.